The van der Waals surface area contributed by atoms with Gasteiger partial charge >= 0.3 is 0 Å². The molecule has 2 nitrogen and oxygen atoms in total. The number of hydrogen-bond acceptors (Lipinski definition) is 2. The highest BCUT2D eigenvalue weighted by Gasteiger charge is 2.19. The fourth-order valence-electron chi connectivity index (χ4n) is 2.50. The first-order valence-electron chi connectivity index (χ1n) is 7.47. The number of halogens is 2. The first-order chi connectivity index (χ1) is 10.8. The normalized spacial score (nSPS) is 11.7. The number of nitrogens with zero attached hydrogens (tertiary/aromatic N) is 1. The van der Waals surface area contributed by atoms with Gasteiger partial charge in [-0.1, -0.05) is 57.9 Å². The Morgan fingerprint density at radius 1 is 1.00 bits per heavy atom. The molecule has 0 aliphatic heterocycles. The number of para-hydroxylation sites is 1. The van der Waals surface area contributed by atoms with Crippen molar-refractivity contribution in [1.29, 1.82) is 0 Å². The Morgan fingerprint density at radius 3 is 2.30 bits per heavy atom. The van der Waals surface area contributed by atoms with Crippen LogP contribution in [0.3, 0.4) is 0 Å². The van der Waals surface area contributed by atoms with Gasteiger partial charge in [-0.3, -0.25) is 0 Å². The number of aromatic nitrogens is 1. The average molecular weight is 390 g/mol. The molecule has 2 aromatic carbocycles. The lowest BCUT2D eigenvalue weighted by molar-refractivity contribution is 0.631. The summed E-state index contributed by atoms with van der Waals surface area (Å²) in [4.78, 5) is 4.81. The molecule has 118 valence electrons. The third-order valence-corrected chi connectivity index (χ3v) is 4.38. The highest BCUT2D eigenvalue weighted by Crippen LogP contribution is 2.39. The third kappa shape index (κ3) is 3.51. The van der Waals surface area contributed by atoms with Gasteiger partial charge in [0, 0.05) is 21.0 Å². The summed E-state index contributed by atoms with van der Waals surface area (Å²) in [6.07, 6.45) is 0. The van der Waals surface area contributed by atoms with Crippen LogP contribution in [0, 0.1) is 0 Å². The van der Waals surface area contributed by atoms with Gasteiger partial charge in [0.15, 0.2) is 0 Å². The topological polar surface area (TPSA) is 24.9 Å². The smallest absolute Gasteiger partial charge is 0.136 e. The monoisotopic (exact) mass is 388 g/mol. The predicted molar refractivity (Wildman–Crippen MR) is 103 cm³/mol. The maximum absolute atomic E-state index is 6.76. The highest BCUT2D eigenvalue weighted by atomic mass is 79.9. The van der Waals surface area contributed by atoms with Gasteiger partial charge in [0.25, 0.3) is 0 Å². The summed E-state index contributed by atoms with van der Waals surface area (Å²) < 4.78 is 1.04. The summed E-state index contributed by atoms with van der Waals surface area (Å²) in [6, 6.07) is 16.1. The minimum absolute atomic E-state index is 0.108. The summed E-state index contributed by atoms with van der Waals surface area (Å²) in [5, 5.41) is 5.18. The first-order valence-corrected chi connectivity index (χ1v) is 8.64. The zero-order chi connectivity index (χ0) is 16.6. The summed E-state index contributed by atoms with van der Waals surface area (Å²) in [5.41, 5.74) is 2.77. The standard InChI is InChI=1S/C19H18BrClN2/c1-19(2,3)23-18-16(12-8-10-13(20)11-9-12)17(21)14-6-4-5-7-15(14)22-18/h4-11H,1-3H3,(H,22,23). The van der Waals surface area contributed by atoms with Crippen molar-refractivity contribution in [3.63, 3.8) is 0 Å². The average Bonchev–Trinajstić information content (AvgIpc) is 2.47. The summed E-state index contributed by atoms with van der Waals surface area (Å²) in [7, 11) is 0. The molecule has 0 aliphatic rings. The summed E-state index contributed by atoms with van der Waals surface area (Å²) >= 11 is 10.2. The number of anilines is 1. The van der Waals surface area contributed by atoms with Crippen LogP contribution in [0.25, 0.3) is 22.0 Å². The molecule has 0 aliphatic carbocycles. The maximum Gasteiger partial charge on any atom is 0.136 e. The maximum atomic E-state index is 6.76. The van der Waals surface area contributed by atoms with E-state index in [0.717, 1.165) is 37.3 Å². The first kappa shape index (κ1) is 16.3. The van der Waals surface area contributed by atoms with Crippen LogP contribution >= 0.6 is 27.5 Å². The number of nitrogens with one attached hydrogen (secondary N) is 1. The Labute approximate surface area is 150 Å². The van der Waals surface area contributed by atoms with Gasteiger partial charge in [-0.2, -0.15) is 0 Å². The van der Waals surface area contributed by atoms with Crippen molar-refractivity contribution >= 4 is 44.3 Å². The van der Waals surface area contributed by atoms with Gasteiger partial charge in [-0.25, -0.2) is 4.98 Å². The molecule has 0 atom stereocenters. The minimum Gasteiger partial charge on any atom is -0.365 e. The van der Waals surface area contributed by atoms with Crippen LogP contribution in [0.1, 0.15) is 20.8 Å². The molecule has 4 heteroatoms. The molecule has 0 amide bonds. The summed E-state index contributed by atoms with van der Waals surface area (Å²) in [5.74, 6) is 0.809. The minimum atomic E-state index is -0.108. The SMILES string of the molecule is CC(C)(C)Nc1nc2ccccc2c(Cl)c1-c1ccc(Br)cc1. The van der Waals surface area contributed by atoms with E-state index in [1.54, 1.807) is 0 Å². The van der Waals surface area contributed by atoms with Gasteiger partial charge in [-0.05, 0) is 44.5 Å². The number of rotatable bonds is 2. The van der Waals surface area contributed by atoms with Crippen molar-refractivity contribution in [1.82, 2.24) is 4.98 Å². The molecule has 3 aromatic rings. The Morgan fingerprint density at radius 2 is 1.65 bits per heavy atom. The van der Waals surface area contributed by atoms with Crippen LogP contribution in [-0.2, 0) is 0 Å². The van der Waals surface area contributed by atoms with Crippen molar-refractivity contribution in [3.05, 3.63) is 58.0 Å². The fraction of sp³-hybridized carbons (Fsp3) is 0.211. The molecule has 0 unspecified atom stereocenters. The molecular weight excluding hydrogens is 372 g/mol. The predicted octanol–water partition coefficient (Wildman–Crippen LogP) is 6.53. The molecule has 1 N–H and O–H groups in total. The van der Waals surface area contributed by atoms with E-state index in [-0.39, 0.29) is 5.54 Å². The molecule has 0 radical (unpaired) electrons. The molecule has 0 saturated carbocycles. The number of benzene rings is 2. The molecule has 0 spiro atoms. The largest absolute Gasteiger partial charge is 0.365 e. The summed E-state index contributed by atoms with van der Waals surface area (Å²) in [6.45, 7) is 6.34. The Hall–Kier alpha value is -1.58. The van der Waals surface area contributed by atoms with E-state index in [0.29, 0.717) is 0 Å². The van der Waals surface area contributed by atoms with Gasteiger partial charge in [0.05, 0.1) is 10.5 Å². The van der Waals surface area contributed by atoms with Crippen LogP contribution in [0.4, 0.5) is 5.82 Å². The van der Waals surface area contributed by atoms with E-state index in [2.05, 4.69) is 54.2 Å². The Kier molecular flexibility index (Phi) is 4.35. The molecule has 0 fully saturated rings. The number of pyridine rings is 1. The van der Waals surface area contributed by atoms with Crippen molar-refractivity contribution in [2.45, 2.75) is 26.3 Å². The van der Waals surface area contributed by atoms with Gasteiger partial charge in [-0.15, -0.1) is 0 Å². The van der Waals surface area contributed by atoms with Crippen LogP contribution in [0.2, 0.25) is 5.02 Å². The molecule has 3 rings (SSSR count). The number of hydrogen-bond donors (Lipinski definition) is 1. The Bertz CT molecular complexity index is 852. The van der Waals surface area contributed by atoms with E-state index in [9.17, 15) is 0 Å². The van der Waals surface area contributed by atoms with E-state index in [1.165, 1.54) is 0 Å². The zero-order valence-corrected chi connectivity index (χ0v) is 15.7. The lowest BCUT2D eigenvalue weighted by atomic mass is 10.0. The molecule has 1 heterocycles. The van der Waals surface area contributed by atoms with Crippen molar-refractivity contribution in [2.24, 2.45) is 0 Å². The molecule has 1 aromatic heterocycles. The van der Waals surface area contributed by atoms with Crippen LogP contribution in [0.15, 0.2) is 53.0 Å². The second-order valence-corrected chi connectivity index (χ2v) is 7.84. The van der Waals surface area contributed by atoms with Crippen LogP contribution in [-0.4, -0.2) is 10.5 Å². The van der Waals surface area contributed by atoms with E-state index in [4.69, 9.17) is 16.6 Å². The van der Waals surface area contributed by atoms with Crippen molar-refractivity contribution < 1.29 is 0 Å². The molecule has 23 heavy (non-hydrogen) atoms. The van der Waals surface area contributed by atoms with Crippen LogP contribution < -0.4 is 5.32 Å². The van der Waals surface area contributed by atoms with Gasteiger partial charge in [0.1, 0.15) is 5.82 Å². The highest BCUT2D eigenvalue weighted by molar-refractivity contribution is 9.10. The molecule has 0 bridgehead atoms. The van der Waals surface area contributed by atoms with E-state index >= 15 is 0 Å². The van der Waals surface area contributed by atoms with Crippen LogP contribution in [0.5, 0.6) is 0 Å². The zero-order valence-electron chi connectivity index (χ0n) is 13.3. The van der Waals surface area contributed by atoms with Crippen molar-refractivity contribution in [2.75, 3.05) is 5.32 Å². The molecular formula is C19H18BrClN2. The van der Waals surface area contributed by atoms with E-state index < -0.39 is 0 Å². The quantitative estimate of drug-likeness (QED) is 0.539. The van der Waals surface area contributed by atoms with Crippen molar-refractivity contribution in [3.8, 4) is 11.1 Å². The van der Waals surface area contributed by atoms with E-state index in [1.807, 2.05) is 36.4 Å². The second-order valence-electron chi connectivity index (χ2n) is 6.55. The Balaban J connectivity index is 2.29. The fourth-order valence-corrected chi connectivity index (χ4v) is 3.12. The lowest BCUT2D eigenvalue weighted by Crippen LogP contribution is -2.27. The van der Waals surface area contributed by atoms with Gasteiger partial charge in [0.2, 0.25) is 0 Å². The third-order valence-electron chi connectivity index (χ3n) is 3.46. The second kappa shape index (κ2) is 6.14. The van der Waals surface area contributed by atoms with Gasteiger partial charge < -0.3 is 5.32 Å². The molecule has 0 saturated heterocycles. The lowest BCUT2D eigenvalue weighted by Gasteiger charge is -2.24. The number of fused-ring (bicyclic) bond motifs is 1.